The van der Waals surface area contributed by atoms with Gasteiger partial charge in [0.25, 0.3) is 0 Å². The summed E-state index contributed by atoms with van der Waals surface area (Å²) in [6.45, 7) is 1.11. The second-order valence-electron chi connectivity index (χ2n) is 6.24. The molecule has 0 saturated carbocycles. The Bertz CT molecular complexity index is 1030. The first-order chi connectivity index (χ1) is 13.8. The molecule has 142 valence electrons. The summed E-state index contributed by atoms with van der Waals surface area (Å²) >= 11 is 0. The Kier molecular flexibility index (Phi) is 5.33. The van der Waals surface area contributed by atoms with Crippen molar-refractivity contribution in [3.05, 3.63) is 72.1 Å². The van der Waals surface area contributed by atoms with E-state index in [0.717, 1.165) is 17.7 Å². The van der Waals surface area contributed by atoms with Gasteiger partial charge in [0.15, 0.2) is 11.5 Å². The van der Waals surface area contributed by atoms with Gasteiger partial charge in [-0.2, -0.15) is 9.97 Å². The number of nitrogens with zero attached hydrogens (tertiary/aromatic N) is 3. The van der Waals surface area contributed by atoms with Crippen LogP contribution in [0.1, 0.15) is 11.1 Å². The van der Waals surface area contributed by atoms with Gasteiger partial charge >= 0.3 is 6.01 Å². The molecule has 2 aromatic heterocycles. The molecule has 2 heterocycles. The van der Waals surface area contributed by atoms with E-state index >= 15 is 0 Å². The minimum atomic E-state index is 0.324. The lowest BCUT2D eigenvalue weighted by Crippen LogP contribution is -2.08. The number of nitrogens with one attached hydrogen (secondary N) is 2. The molecule has 0 bridgehead atoms. The van der Waals surface area contributed by atoms with Crippen LogP contribution in [0.25, 0.3) is 11.2 Å². The highest BCUT2D eigenvalue weighted by molar-refractivity contribution is 5.82. The van der Waals surface area contributed by atoms with E-state index in [0.29, 0.717) is 36.1 Å². The van der Waals surface area contributed by atoms with Gasteiger partial charge in [-0.05, 0) is 23.3 Å². The van der Waals surface area contributed by atoms with Crippen LogP contribution in [0, 0.1) is 0 Å². The number of hydrogen-bond acceptors (Lipinski definition) is 6. The lowest BCUT2D eigenvalue weighted by Gasteiger charge is -2.09. The van der Waals surface area contributed by atoms with E-state index in [-0.39, 0.29) is 0 Å². The number of aromatic amines is 1. The summed E-state index contributed by atoms with van der Waals surface area (Å²) in [5, 5.41) is 3.32. The first kappa shape index (κ1) is 17.8. The van der Waals surface area contributed by atoms with Crippen LogP contribution < -0.4 is 14.8 Å². The van der Waals surface area contributed by atoms with Gasteiger partial charge in [-0.3, -0.25) is 0 Å². The highest BCUT2D eigenvalue weighted by Gasteiger charge is 2.11. The van der Waals surface area contributed by atoms with Crippen molar-refractivity contribution in [3.63, 3.8) is 0 Å². The maximum Gasteiger partial charge on any atom is 0.320 e. The lowest BCUT2D eigenvalue weighted by atomic mass is 10.2. The number of imidazole rings is 1. The van der Waals surface area contributed by atoms with Crippen molar-refractivity contribution in [3.8, 4) is 11.8 Å². The van der Waals surface area contributed by atoms with Crippen molar-refractivity contribution in [2.24, 2.45) is 0 Å². The Morgan fingerprint density at radius 1 is 0.964 bits per heavy atom. The standard InChI is InChI=1S/C21H21N5O2/c1-27-17-9-7-16(8-10-17)13-22-19-18-20(24-14-23-18)26-21(25-19)28-12-11-15-5-3-2-4-6-15/h2-10,14H,11-13H2,1H3,(H2,22,23,24,25,26). The summed E-state index contributed by atoms with van der Waals surface area (Å²) < 4.78 is 11.0. The number of hydrogen-bond donors (Lipinski definition) is 2. The van der Waals surface area contributed by atoms with E-state index in [1.165, 1.54) is 5.56 Å². The first-order valence-corrected chi connectivity index (χ1v) is 9.06. The summed E-state index contributed by atoms with van der Waals surface area (Å²) in [6.07, 6.45) is 2.39. The molecule has 2 aromatic carbocycles. The zero-order valence-electron chi connectivity index (χ0n) is 15.6. The lowest BCUT2D eigenvalue weighted by molar-refractivity contribution is 0.298. The van der Waals surface area contributed by atoms with Gasteiger partial charge in [-0.15, -0.1) is 0 Å². The predicted octanol–water partition coefficient (Wildman–Crippen LogP) is 3.60. The normalized spacial score (nSPS) is 10.8. The van der Waals surface area contributed by atoms with E-state index in [9.17, 15) is 0 Å². The fraction of sp³-hybridized carbons (Fsp3) is 0.190. The number of fused-ring (bicyclic) bond motifs is 1. The molecular weight excluding hydrogens is 354 g/mol. The van der Waals surface area contributed by atoms with Crippen LogP contribution in [0.3, 0.4) is 0 Å². The van der Waals surface area contributed by atoms with Crippen LogP contribution in [-0.2, 0) is 13.0 Å². The Morgan fingerprint density at radius 3 is 2.57 bits per heavy atom. The highest BCUT2D eigenvalue weighted by atomic mass is 16.5. The molecule has 0 aliphatic heterocycles. The van der Waals surface area contributed by atoms with E-state index in [1.807, 2.05) is 42.5 Å². The van der Waals surface area contributed by atoms with Crippen molar-refractivity contribution in [2.75, 3.05) is 19.0 Å². The summed E-state index contributed by atoms with van der Waals surface area (Å²) in [6, 6.07) is 18.4. The quantitative estimate of drug-likeness (QED) is 0.489. The minimum Gasteiger partial charge on any atom is -0.497 e. The van der Waals surface area contributed by atoms with Crippen LogP contribution >= 0.6 is 0 Å². The van der Waals surface area contributed by atoms with Crippen molar-refractivity contribution in [2.45, 2.75) is 13.0 Å². The molecule has 4 rings (SSSR count). The van der Waals surface area contributed by atoms with Crippen LogP contribution in [0.4, 0.5) is 5.82 Å². The number of benzene rings is 2. The summed E-state index contributed by atoms with van der Waals surface area (Å²) in [5.74, 6) is 1.46. The molecule has 2 N–H and O–H groups in total. The Balaban J connectivity index is 1.45. The van der Waals surface area contributed by atoms with Crippen molar-refractivity contribution in [1.29, 1.82) is 0 Å². The number of rotatable bonds is 8. The molecule has 0 atom stereocenters. The third kappa shape index (κ3) is 4.20. The number of methoxy groups -OCH3 is 1. The van der Waals surface area contributed by atoms with Crippen molar-refractivity contribution >= 4 is 17.0 Å². The molecule has 4 aromatic rings. The molecule has 0 saturated heterocycles. The molecule has 28 heavy (non-hydrogen) atoms. The Labute approximate surface area is 162 Å². The van der Waals surface area contributed by atoms with Crippen molar-refractivity contribution in [1.82, 2.24) is 19.9 Å². The summed E-state index contributed by atoms with van der Waals surface area (Å²) in [4.78, 5) is 16.2. The van der Waals surface area contributed by atoms with Gasteiger partial charge < -0.3 is 19.8 Å². The molecule has 0 unspecified atom stereocenters. The summed E-state index contributed by atoms with van der Waals surface area (Å²) in [5.41, 5.74) is 3.64. The predicted molar refractivity (Wildman–Crippen MR) is 108 cm³/mol. The zero-order valence-corrected chi connectivity index (χ0v) is 15.6. The van der Waals surface area contributed by atoms with Crippen LogP contribution in [0.2, 0.25) is 0 Å². The van der Waals surface area contributed by atoms with Gasteiger partial charge in [-0.25, -0.2) is 4.98 Å². The average molecular weight is 375 g/mol. The molecule has 0 aliphatic rings. The molecular formula is C21H21N5O2. The van der Waals surface area contributed by atoms with Gasteiger partial charge in [-0.1, -0.05) is 42.5 Å². The third-order valence-electron chi connectivity index (χ3n) is 4.34. The maximum atomic E-state index is 5.78. The van der Waals surface area contributed by atoms with Crippen molar-refractivity contribution < 1.29 is 9.47 Å². The van der Waals surface area contributed by atoms with E-state index in [1.54, 1.807) is 13.4 Å². The van der Waals surface area contributed by atoms with E-state index in [2.05, 4.69) is 37.4 Å². The first-order valence-electron chi connectivity index (χ1n) is 9.06. The van der Waals surface area contributed by atoms with Crippen LogP contribution in [0.5, 0.6) is 11.8 Å². The largest absolute Gasteiger partial charge is 0.497 e. The van der Waals surface area contributed by atoms with Gasteiger partial charge in [0, 0.05) is 13.0 Å². The van der Waals surface area contributed by atoms with E-state index in [4.69, 9.17) is 9.47 Å². The maximum absolute atomic E-state index is 5.78. The van der Waals surface area contributed by atoms with Gasteiger partial charge in [0.2, 0.25) is 0 Å². The molecule has 0 radical (unpaired) electrons. The molecule has 0 fully saturated rings. The SMILES string of the molecule is COc1ccc(CNc2nc(OCCc3ccccc3)nc3[nH]cnc23)cc1. The number of H-pyrrole nitrogens is 1. The zero-order chi connectivity index (χ0) is 19.2. The van der Waals surface area contributed by atoms with Gasteiger partial charge in [0.05, 0.1) is 20.0 Å². The topological polar surface area (TPSA) is 85.0 Å². The van der Waals surface area contributed by atoms with Gasteiger partial charge in [0.1, 0.15) is 11.3 Å². The molecule has 7 nitrogen and oxygen atoms in total. The Hall–Kier alpha value is -3.61. The monoisotopic (exact) mass is 375 g/mol. The smallest absolute Gasteiger partial charge is 0.320 e. The molecule has 0 amide bonds. The van der Waals surface area contributed by atoms with Crippen LogP contribution in [-0.4, -0.2) is 33.7 Å². The molecule has 7 heteroatoms. The second-order valence-corrected chi connectivity index (χ2v) is 6.24. The third-order valence-corrected chi connectivity index (χ3v) is 4.34. The molecule has 0 aliphatic carbocycles. The fourth-order valence-corrected chi connectivity index (χ4v) is 2.84. The van der Waals surface area contributed by atoms with Crippen LogP contribution in [0.15, 0.2) is 60.9 Å². The second kappa shape index (κ2) is 8.39. The number of ether oxygens (including phenoxy) is 2. The summed E-state index contributed by atoms with van der Waals surface area (Å²) in [7, 11) is 1.65. The number of anilines is 1. The average Bonchev–Trinajstić information content (AvgIpc) is 3.22. The Morgan fingerprint density at radius 2 is 1.79 bits per heavy atom. The molecule has 0 spiro atoms. The highest BCUT2D eigenvalue weighted by Crippen LogP contribution is 2.21. The number of aromatic nitrogens is 4. The minimum absolute atomic E-state index is 0.324. The van der Waals surface area contributed by atoms with E-state index < -0.39 is 0 Å². The fourth-order valence-electron chi connectivity index (χ4n) is 2.84.